The first-order valence-corrected chi connectivity index (χ1v) is 12.2. The number of carbonyl (C=O) groups is 3. The van der Waals surface area contributed by atoms with Gasteiger partial charge in [-0.05, 0) is 35.9 Å². The summed E-state index contributed by atoms with van der Waals surface area (Å²) in [5, 5.41) is 14.6. The molecule has 0 spiro atoms. The van der Waals surface area contributed by atoms with Crippen molar-refractivity contribution in [2.45, 2.75) is 12.1 Å². The second kappa shape index (κ2) is 11.4. The van der Waals surface area contributed by atoms with E-state index in [1.807, 2.05) is 6.07 Å². The molecule has 2 N–H and O–H groups in total. The molecule has 0 radical (unpaired) electrons. The monoisotopic (exact) mass is 601 g/mol. The van der Waals surface area contributed by atoms with Gasteiger partial charge in [-0.25, -0.2) is 0 Å². The molecule has 2 aromatic rings. The molecule has 1 aliphatic rings. The van der Waals surface area contributed by atoms with Crippen LogP contribution in [-0.2, 0) is 25.3 Å². The molecular formula is C23H16BrClF3N3O4S. The summed E-state index contributed by atoms with van der Waals surface area (Å²) in [5.41, 5.74) is -0.714. The van der Waals surface area contributed by atoms with Gasteiger partial charge in [-0.3, -0.25) is 14.4 Å². The first-order valence-electron chi connectivity index (χ1n) is 10.0. The van der Waals surface area contributed by atoms with Crippen LogP contribution in [0.25, 0.3) is 0 Å². The van der Waals surface area contributed by atoms with E-state index >= 15 is 0 Å². The van der Waals surface area contributed by atoms with Crippen molar-refractivity contribution in [3.63, 3.8) is 0 Å². The molecular weight excluding hydrogens is 587 g/mol. The van der Waals surface area contributed by atoms with Crippen LogP contribution < -0.4 is 10.6 Å². The number of amides is 2. The summed E-state index contributed by atoms with van der Waals surface area (Å²) < 4.78 is 44.4. The van der Waals surface area contributed by atoms with Crippen molar-refractivity contribution in [2.24, 2.45) is 5.92 Å². The molecule has 7 nitrogen and oxygen atoms in total. The molecule has 2 atom stereocenters. The number of allylic oxidation sites excluding steroid dienone is 1. The highest BCUT2D eigenvalue weighted by atomic mass is 79.9. The van der Waals surface area contributed by atoms with Crippen LogP contribution in [0.2, 0.25) is 5.02 Å². The third-order valence-electron chi connectivity index (χ3n) is 5.11. The van der Waals surface area contributed by atoms with Crippen molar-refractivity contribution in [3.05, 3.63) is 73.7 Å². The molecule has 2 aromatic carbocycles. The van der Waals surface area contributed by atoms with Crippen LogP contribution in [0.4, 0.5) is 18.9 Å². The van der Waals surface area contributed by atoms with E-state index in [0.29, 0.717) is 16.1 Å². The third-order valence-corrected chi connectivity index (χ3v) is 6.95. The average molecular weight is 603 g/mol. The van der Waals surface area contributed by atoms with Crippen molar-refractivity contribution in [1.29, 1.82) is 5.26 Å². The van der Waals surface area contributed by atoms with Crippen molar-refractivity contribution < 1.29 is 32.3 Å². The zero-order chi connectivity index (χ0) is 26.6. The maximum atomic E-state index is 13.0. The summed E-state index contributed by atoms with van der Waals surface area (Å²) in [6.07, 6.45) is -4.63. The van der Waals surface area contributed by atoms with Gasteiger partial charge < -0.3 is 15.4 Å². The molecule has 0 saturated heterocycles. The van der Waals surface area contributed by atoms with Crippen molar-refractivity contribution in [1.82, 2.24) is 5.32 Å². The van der Waals surface area contributed by atoms with E-state index in [1.165, 1.54) is 0 Å². The lowest BCUT2D eigenvalue weighted by atomic mass is 9.78. The van der Waals surface area contributed by atoms with Gasteiger partial charge in [-0.1, -0.05) is 51.4 Å². The Kier molecular flexibility index (Phi) is 8.71. The minimum Gasteiger partial charge on any atom is -0.468 e. The van der Waals surface area contributed by atoms with Gasteiger partial charge >= 0.3 is 12.1 Å². The SMILES string of the molecule is COC(=O)[C@@H]1C(=O)NC(SCC(=O)Nc2cc(C(F)(F)F)ccc2Cl)=C(C#N)[C@H]1c1cccc(Br)c1. The topological polar surface area (TPSA) is 108 Å². The number of alkyl halides is 3. The van der Waals surface area contributed by atoms with Gasteiger partial charge in [0.2, 0.25) is 11.8 Å². The number of carbonyl (C=O) groups excluding carboxylic acids is 3. The number of hydrogen-bond donors (Lipinski definition) is 2. The van der Waals surface area contributed by atoms with Gasteiger partial charge in [-0.15, -0.1) is 0 Å². The van der Waals surface area contributed by atoms with Gasteiger partial charge in [0.05, 0.1) is 45.8 Å². The quantitative estimate of drug-likeness (QED) is 0.346. The highest BCUT2D eigenvalue weighted by molar-refractivity contribution is 9.10. The number of methoxy groups -OCH3 is 1. The molecule has 13 heteroatoms. The van der Waals surface area contributed by atoms with Crippen LogP contribution in [0.1, 0.15) is 17.0 Å². The molecule has 188 valence electrons. The van der Waals surface area contributed by atoms with Crippen molar-refractivity contribution >= 4 is 62.8 Å². The average Bonchev–Trinajstić information content (AvgIpc) is 2.82. The van der Waals surface area contributed by atoms with Crippen molar-refractivity contribution in [2.75, 3.05) is 18.2 Å². The lowest BCUT2D eigenvalue weighted by Gasteiger charge is -2.31. The summed E-state index contributed by atoms with van der Waals surface area (Å²) in [5.74, 6) is -5.00. The molecule has 0 aliphatic carbocycles. The van der Waals surface area contributed by atoms with E-state index in [-0.39, 0.29) is 27.1 Å². The third kappa shape index (κ3) is 6.21. The van der Waals surface area contributed by atoms with Crippen LogP contribution in [-0.4, -0.2) is 30.6 Å². The molecule has 36 heavy (non-hydrogen) atoms. The number of nitrogens with zero attached hydrogens (tertiary/aromatic N) is 1. The van der Waals surface area contributed by atoms with Gasteiger partial charge in [-0.2, -0.15) is 18.4 Å². The van der Waals surface area contributed by atoms with E-state index < -0.39 is 41.4 Å². The number of halogens is 5. The van der Waals surface area contributed by atoms with Crippen LogP contribution >= 0.6 is 39.3 Å². The Bertz CT molecular complexity index is 1300. The predicted octanol–water partition coefficient (Wildman–Crippen LogP) is 5.23. The summed E-state index contributed by atoms with van der Waals surface area (Å²) in [4.78, 5) is 37.8. The van der Waals surface area contributed by atoms with Crippen LogP contribution in [0.15, 0.2) is 57.5 Å². The zero-order valence-electron chi connectivity index (χ0n) is 18.3. The van der Waals surface area contributed by atoms with Gasteiger partial charge in [0.15, 0.2) is 0 Å². The Hall–Kier alpha value is -3.01. The summed E-state index contributed by atoms with van der Waals surface area (Å²) in [6, 6.07) is 11.2. The van der Waals surface area contributed by atoms with E-state index in [0.717, 1.165) is 31.0 Å². The van der Waals surface area contributed by atoms with Gasteiger partial charge in [0, 0.05) is 10.4 Å². The summed E-state index contributed by atoms with van der Waals surface area (Å²) >= 11 is 10.0. The molecule has 0 fully saturated rings. The first kappa shape index (κ1) is 27.6. The molecule has 0 saturated carbocycles. The van der Waals surface area contributed by atoms with Crippen molar-refractivity contribution in [3.8, 4) is 6.07 Å². The van der Waals surface area contributed by atoms with E-state index in [4.69, 9.17) is 16.3 Å². The molecule has 0 aromatic heterocycles. The van der Waals surface area contributed by atoms with E-state index in [1.54, 1.807) is 24.3 Å². The minimum absolute atomic E-state index is 0.0259. The summed E-state index contributed by atoms with van der Waals surface area (Å²) in [6.45, 7) is 0. The Labute approximate surface area is 221 Å². The number of ether oxygens (including phenoxy) is 1. The maximum Gasteiger partial charge on any atom is 0.416 e. The molecule has 1 heterocycles. The Morgan fingerprint density at radius 2 is 2.00 bits per heavy atom. The second-order valence-electron chi connectivity index (χ2n) is 7.41. The number of nitriles is 1. The smallest absolute Gasteiger partial charge is 0.416 e. The van der Waals surface area contributed by atoms with Gasteiger partial charge in [0.25, 0.3) is 0 Å². The van der Waals surface area contributed by atoms with E-state index in [9.17, 15) is 32.8 Å². The van der Waals surface area contributed by atoms with E-state index in [2.05, 4.69) is 26.6 Å². The fourth-order valence-electron chi connectivity index (χ4n) is 3.50. The second-order valence-corrected chi connectivity index (χ2v) is 9.72. The Balaban J connectivity index is 1.88. The fourth-order valence-corrected chi connectivity index (χ4v) is 4.93. The normalized spacial score (nSPS) is 17.8. The number of benzene rings is 2. The Morgan fingerprint density at radius 1 is 1.28 bits per heavy atom. The predicted molar refractivity (Wildman–Crippen MR) is 131 cm³/mol. The number of anilines is 1. The standard InChI is InChI=1S/C23H16BrClF3N3O4S/c1-35-22(34)19-18(11-3-2-4-13(24)7-11)14(9-29)21(31-20(19)33)36-10-17(32)30-16-8-12(23(26,27)28)5-6-15(16)25/h2-8,18-19H,10H2,1H3,(H,30,32)(H,31,33)/t18-,19+/m1/s1. The number of rotatable bonds is 6. The lowest BCUT2D eigenvalue weighted by Crippen LogP contribution is -2.44. The lowest BCUT2D eigenvalue weighted by molar-refractivity contribution is -0.150. The molecule has 3 rings (SSSR count). The fraction of sp³-hybridized carbons (Fsp3) is 0.217. The number of hydrogen-bond acceptors (Lipinski definition) is 6. The molecule has 2 amide bonds. The van der Waals surface area contributed by atoms with Gasteiger partial charge in [0.1, 0.15) is 5.92 Å². The number of nitrogens with one attached hydrogen (secondary N) is 2. The summed E-state index contributed by atoms with van der Waals surface area (Å²) in [7, 11) is 1.12. The minimum atomic E-state index is -4.63. The van der Waals surface area contributed by atoms with Crippen LogP contribution in [0.5, 0.6) is 0 Å². The number of thioether (sulfide) groups is 1. The molecule has 0 unspecified atom stereocenters. The molecule has 1 aliphatic heterocycles. The highest BCUT2D eigenvalue weighted by Crippen LogP contribution is 2.41. The van der Waals surface area contributed by atoms with Crippen LogP contribution in [0.3, 0.4) is 0 Å². The highest BCUT2D eigenvalue weighted by Gasteiger charge is 2.44. The first-order chi connectivity index (χ1) is 17.0. The largest absolute Gasteiger partial charge is 0.468 e. The number of esters is 1. The Morgan fingerprint density at radius 3 is 2.61 bits per heavy atom. The van der Waals surface area contributed by atoms with Crippen LogP contribution in [0, 0.1) is 17.2 Å². The maximum absolute atomic E-state index is 13.0. The zero-order valence-corrected chi connectivity index (χ0v) is 21.4. The molecule has 0 bridgehead atoms.